The molecule has 0 unspecified atom stereocenters. The molecule has 0 heterocycles. The molecule has 2 rings (SSSR count). The van der Waals surface area contributed by atoms with Gasteiger partial charge in [0.25, 0.3) is 0 Å². The van der Waals surface area contributed by atoms with E-state index >= 15 is 0 Å². The van der Waals surface area contributed by atoms with Crippen LogP contribution in [0, 0.1) is 6.92 Å². The third-order valence-corrected chi connectivity index (χ3v) is 5.42. The fourth-order valence-electron chi connectivity index (χ4n) is 2.85. The molecule has 0 bridgehead atoms. The molecular formula is C21H26N2O4S. The summed E-state index contributed by atoms with van der Waals surface area (Å²) in [6.07, 6.45) is 2.63. The maximum atomic E-state index is 12.3. The van der Waals surface area contributed by atoms with Crippen molar-refractivity contribution in [3.63, 3.8) is 0 Å². The minimum atomic E-state index is -3.67. The van der Waals surface area contributed by atoms with Crippen molar-refractivity contribution in [1.82, 2.24) is 5.32 Å². The molecule has 0 aliphatic rings. The first-order chi connectivity index (χ1) is 13.2. The number of hydrogen-bond acceptors (Lipinski definition) is 4. The van der Waals surface area contributed by atoms with Crippen LogP contribution in [-0.4, -0.2) is 39.5 Å². The van der Waals surface area contributed by atoms with Gasteiger partial charge in [-0.3, -0.25) is 13.9 Å². The summed E-state index contributed by atoms with van der Waals surface area (Å²) in [6, 6.07) is 14.4. The first-order valence-corrected chi connectivity index (χ1v) is 10.9. The number of amides is 1. The lowest BCUT2D eigenvalue weighted by molar-refractivity contribution is -0.119. The smallest absolute Gasteiger partial charge is 0.240 e. The van der Waals surface area contributed by atoms with Gasteiger partial charge in [-0.05, 0) is 44.4 Å². The van der Waals surface area contributed by atoms with Gasteiger partial charge in [0, 0.05) is 12.1 Å². The van der Waals surface area contributed by atoms with Crippen LogP contribution < -0.4 is 9.62 Å². The van der Waals surface area contributed by atoms with Crippen LogP contribution in [0.2, 0.25) is 0 Å². The summed E-state index contributed by atoms with van der Waals surface area (Å²) in [6.45, 7) is 3.57. The van der Waals surface area contributed by atoms with Crippen LogP contribution in [0.15, 0.2) is 48.5 Å². The van der Waals surface area contributed by atoms with Gasteiger partial charge in [-0.1, -0.05) is 42.0 Å². The summed E-state index contributed by atoms with van der Waals surface area (Å²) in [7, 11) is -3.67. The largest absolute Gasteiger partial charge is 0.355 e. The number of rotatable bonds is 9. The molecular weight excluding hydrogens is 376 g/mol. The summed E-state index contributed by atoms with van der Waals surface area (Å²) < 4.78 is 25.3. The Hall–Kier alpha value is -2.67. The Morgan fingerprint density at radius 1 is 1.07 bits per heavy atom. The predicted molar refractivity (Wildman–Crippen MR) is 111 cm³/mol. The highest BCUT2D eigenvalue weighted by atomic mass is 32.2. The van der Waals surface area contributed by atoms with Crippen molar-refractivity contribution in [2.75, 3.05) is 23.7 Å². The van der Waals surface area contributed by atoms with Crippen LogP contribution in [-0.2, 0) is 21.2 Å². The number of nitrogens with zero attached hydrogens (tertiary/aromatic N) is 1. The molecule has 7 heteroatoms. The number of Topliss-reactive ketones (excluding diaryl/α,β-unsaturated/α-hetero) is 1. The van der Waals surface area contributed by atoms with Gasteiger partial charge in [0.1, 0.15) is 6.54 Å². The van der Waals surface area contributed by atoms with E-state index < -0.39 is 10.0 Å². The standard InChI is InChI=1S/C21H26N2O4S/c1-16-7-4-8-18(13-16)9-6-12-22-21(25)15-23(28(3,26)27)20-11-5-10-19(14-20)17(2)24/h4-5,7-8,10-11,13-14H,6,9,12,15H2,1-3H3,(H,22,25). The number of hydrogen-bond donors (Lipinski definition) is 1. The molecule has 1 amide bonds. The SMILES string of the molecule is CC(=O)c1cccc(N(CC(=O)NCCCc2cccc(C)c2)S(C)(=O)=O)c1. The van der Waals surface area contributed by atoms with Crippen molar-refractivity contribution in [1.29, 1.82) is 0 Å². The van der Waals surface area contributed by atoms with Gasteiger partial charge in [0.2, 0.25) is 15.9 Å². The summed E-state index contributed by atoms with van der Waals surface area (Å²) in [4.78, 5) is 23.8. The normalized spacial score (nSPS) is 11.1. The molecule has 2 aromatic carbocycles. The molecule has 0 radical (unpaired) electrons. The van der Waals surface area contributed by atoms with Crippen LogP contribution in [0.25, 0.3) is 0 Å². The molecule has 150 valence electrons. The van der Waals surface area contributed by atoms with Crippen LogP contribution in [0.4, 0.5) is 5.69 Å². The van der Waals surface area contributed by atoms with E-state index in [1.54, 1.807) is 18.2 Å². The Bertz CT molecular complexity index is 954. The number of carbonyl (C=O) groups is 2. The summed E-state index contributed by atoms with van der Waals surface area (Å²) in [5.41, 5.74) is 3.08. The Balaban J connectivity index is 1.96. The topological polar surface area (TPSA) is 83.6 Å². The quantitative estimate of drug-likeness (QED) is 0.516. The molecule has 0 saturated heterocycles. The minimum absolute atomic E-state index is 0.170. The second-order valence-corrected chi connectivity index (χ2v) is 8.73. The third-order valence-electron chi connectivity index (χ3n) is 4.28. The molecule has 0 aliphatic carbocycles. The van der Waals surface area contributed by atoms with Crippen molar-refractivity contribution in [2.45, 2.75) is 26.7 Å². The lowest BCUT2D eigenvalue weighted by Crippen LogP contribution is -2.40. The van der Waals surface area contributed by atoms with Gasteiger partial charge < -0.3 is 5.32 Å². The van der Waals surface area contributed by atoms with E-state index in [0.717, 1.165) is 23.4 Å². The monoisotopic (exact) mass is 402 g/mol. The average molecular weight is 403 g/mol. The molecule has 2 aromatic rings. The van der Waals surface area contributed by atoms with Crippen molar-refractivity contribution in [3.8, 4) is 0 Å². The highest BCUT2D eigenvalue weighted by Crippen LogP contribution is 2.19. The van der Waals surface area contributed by atoms with Crippen molar-refractivity contribution >= 4 is 27.4 Å². The molecule has 0 atom stereocenters. The maximum Gasteiger partial charge on any atom is 0.240 e. The van der Waals surface area contributed by atoms with Crippen LogP contribution in [0.5, 0.6) is 0 Å². The van der Waals surface area contributed by atoms with E-state index in [2.05, 4.69) is 11.4 Å². The summed E-state index contributed by atoms with van der Waals surface area (Å²) >= 11 is 0. The van der Waals surface area contributed by atoms with E-state index in [0.29, 0.717) is 17.8 Å². The molecule has 0 aliphatic heterocycles. The third kappa shape index (κ3) is 6.49. The molecule has 6 nitrogen and oxygen atoms in total. The summed E-state index contributed by atoms with van der Waals surface area (Å²) in [5, 5.41) is 2.77. The number of anilines is 1. The molecule has 0 fully saturated rings. The van der Waals surface area contributed by atoms with Gasteiger partial charge in [0.15, 0.2) is 5.78 Å². The number of nitrogens with one attached hydrogen (secondary N) is 1. The van der Waals surface area contributed by atoms with Crippen molar-refractivity contribution < 1.29 is 18.0 Å². The van der Waals surface area contributed by atoms with Gasteiger partial charge in [-0.15, -0.1) is 0 Å². The lowest BCUT2D eigenvalue weighted by atomic mass is 10.1. The molecule has 0 saturated carbocycles. The van der Waals surface area contributed by atoms with E-state index in [-0.39, 0.29) is 18.2 Å². The molecule has 0 spiro atoms. The number of carbonyl (C=O) groups excluding carboxylic acids is 2. The zero-order valence-corrected chi connectivity index (χ0v) is 17.3. The van der Waals surface area contributed by atoms with E-state index in [1.807, 2.05) is 25.1 Å². The van der Waals surface area contributed by atoms with E-state index in [9.17, 15) is 18.0 Å². The highest BCUT2D eigenvalue weighted by Gasteiger charge is 2.21. The van der Waals surface area contributed by atoms with Gasteiger partial charge in [-0.2, -0.15) is 0 Å². The van der Waals surface area contributed by atoms with Crippen LogP contribution in [0.3, 0.4) is 0 Å². The van der Waals surface area contributed by atoms with E-state index in [4.69, 9.17) is 0 Å². The summed E-state index contributed by atoms with van der Waals surface area (Å²) in [5.74, 6) is -0.557. The van der Waals surface area contributed by atoms with Gasteiger partial charge in [0.05, 0.1) is 11.9 Å². The lowest BCUT2D eigenvalue weighted by Gasteiger charge is -2.22. The Morgan fingerprint density at radius 3 is 2.43 bits per heavy atom. The van der Waals surface area contributed by atoms with Crippen molar-refractivity contribution in [3.05, 3.63) is 65.2 Å². The Labute approximate surface area is 166 Å². The Kier molecular flexibility index (Phi) is 7.34. The number of aryl methyl sites for hydroxylation is 2. The molecule has 0 aromatic heterocycles. The fraction of sp³-hybridized carbons (Fsp3) is 0.333. The second kappa shape index (κ2) is 9.50. The zero-order valence-electron chi connectivity index (χ0n) is 16.4. The highest BCUT2D eigenvalue weighted by molar-refractivity contribution is 7.92. The fourth-order valence-corrected chi connectivity index (χ4v) is 3.70. The van der Waals surface area contributed by atoms with Crippen LogP contribution in [0.1, 0.15) is 34.8 Å². The number of sulfonamides is 1. The molecule has 28 heavy (non-hydrogen) atoms. The number of benzene rings is 2. The molecule has 1 N–H and O–H groups in total. The first kappa shape index (κ1) is 21.6. The average Bonchev–Trinajstić information content (AvgIpc) is 2.62. The zero-order chi connectivity index (χ0) is 20.7. The predicted octanol–water partition coefficient (Wildman–Crippen LogP) is 2.71. The minimum Gasteiger partial charge on any atom is -0.355 e. The Morgan fingerprint density at radius 2 is 1.79 bits per heavy atom. The van der Waals surface area contributed by atoms with E-state index in [1.165, 1.54) is 24.1 Å². The van der Waals surface area contributed by atoms with Crippen LogP contribution >= 0.6 is 0 Å². The number of ketones is 1. The maximum absolute atomic E-state index is 12.3. The first-order valence-electron chi connectivity index (χ1n) is 9.08. The van der Waals surface area contributed by atoms with Crippen molar-refractivity contribution in [2.24, 2.45) is 0 Å². The second-order valence-electron chi connectivity index (χ2n) is 6.82. The van der Waals surface area contributed by atoms with Gasteiger partial charge in [-0.25, -0.2) is 8.42 Å². The van der Waals surface area contributed by atoms with Gasteiger partial charge >= 0.3 is 0 Å².